The van der Waals surface area contributed by atoms with Gasteiger partial charge in [-0.05, 0) is 11.0 Å². The topological polar surface area (TPSA) is 17.1 Å². The van der Waals surface area contributed by atoms with Gasteiger partial charge in [0.05, 0.1) is 0 Å². The molecule has 98 valence electrons. The van der Waals surface area contributed by atoms with E-state index in [0.29, 0.717) is 0 Å². The number of hydrogen-bond donors (Lipinski definition) is 0. The molecule has 0 aliphatic carbocycles. The Morgan fingerprint density at radius 2 is 1.47 bits per heavy atom. The quantitative estimate of drug-likeness (QED) is 0.595. The van der Waals surface area contributed by atoms with Crippen molar-refractivity contribution >= 4 is 21.7 Å². The third-order valence-corrected chi connectivity index (χ3v) is 4.70. The summed E-state index contributed by atoms with van der Waals surface area (Å²) >= 11 is 3.52. The molecule has 2 heteroatoms. The highest BCUT2D eigenvalue weighted by Gasteiger charge is 2.19. The Bertz CT molecular complexity index is 556. The number of hydrogen-bond acceptors (Lipinski definition) is 1. The third kappa shape index (κ3) is 3.13. The Kier molecular flexibility index (Phi) is 4.20. The van der Waals surface area contributed by atoms with E-state index in [1.54, 1.807) is 0 Å². The van der Waals surface area contributed by atoms with Crippen molar-refractivity contribution in [3.8, 4) is 0 Å². The van der Waals surface area contributed by atoms with Crippen molar-refractivity contribution in [1.29, 1.82) is 0 Å². The Balaban J connectivity index is 2.27. The molecular formula is C17H17BrO. The number of alkyl halides is 1. The minimum Gasteiger partial charge on any atom is -0.289 e. The van der Waals surface area contributed by atoms with Crippen LogP contribution in [0, 0.1) is 0 Å². The van der Waals surface area contributed by atoms with Gasteiger partial charge in [0.25, 0.3) is 0 Å². The van der Waals surface area contributed by atoms with E-state index in [9.17, 15) is 4.79 Å². The van der Waals surface area contributed by atoms with Crippen molar-refractivity contribution in [3.63, 3.8) is 0 Å². The lowest BCUT2D eigenvalue weighted by Crippen LogP contribution is -2.18. The summed E-state index contributed by atoms with van der Waals surface area (Å²) in [6.07, 6.45) is 0. The van der Waals surface area contributed by atoms with Crippen LogP contribution in [0.25, 0.3) is 0 Å². The summed E-state index contributed by atoms with van der Waals surface area (Å²) in [5, 5.41) is 0.895. The Hall–Kier alpha value is -1.41. The molecular weight excluding hydrogens is 300 g/mol. The van der Waals surface area contributed by atoms with Crippen LogP contribution in [-0.4, -0.2) is 11.1 Å². The molecule has 0 aliphatic rings. The first-order valence-electron chi connectivity index (χ1n) is 6.31. The molecule has 0 amide bonds. The molecule has 0 saturated heterocycles. The van der Waals surface area contributed by atoms with E-state index in [4.69, 9.17) is 0 Å². The van der Waals surface area contributed by atoms with Crippen molar-refractivity contribution in [2.45, 2.75) is 19.3 Å². The standard InChI is InChI=1S/C17H17BrO/c1-17(2,12-18)15-10-8-14(9-11-15)16(19)13-6-4-3-5-7-13/h3-11H,12H2,1-2H3. The van der Waals surface area contributed by atoms with Gasteiger partial charge in [-0.25, -0.2) is 0 Å². The summed E-state index contributed by atoms with van der Waals surface area (Å²) in [7, 11) is 0. The summed E-state index contributed by atoms with van der Waals surface area (Å²) in [4.78, 5) is 12.3. The van der Waals surface area contributed by atoms with E-state index >= 15 is 0 Å². The Morgan fingerprint density at radius 1 is 0.947 bits per heavy atom. The molecule has 0 radical (unpaired) electrons. The van der Waals surface area contributed by atoms with Gasteiger partial charge in [0.2, 0.25) is 0 Å². The van der Waals surface area contributed by atoms with Crippen LogP contribution in [-0.2, 0) is 5.41 Å². The summed E-state index contributed by atoms with van der Waals surface area (Å²) in [6, 6.07) is 17.3. The van der Waals surface area contributed by atoms with Gasteiger partial charge in [-0.15, -0.1) is 0 Å². The summed E-state index contributed by atoms with van der Waals surface area (Å²) in [5.74, 6) is 0.0730. The maximum Gasteiger partial charge on any atom is 0.193 e. The number of halogens is 1. The van der Waals surface area contributed by atoms with Crippen LogP contribution in [0.2, 0.25) is 0 Å². The van der Waals surface area contributed by atoms with E-state index in [0.717, 1.165) is 16.5 Å². The molecule has 0 atom stereocenters. The first kappa shape index (κ1) is 14.0. The lowest BCUT2D eigenvalue weighted by atomic mass is 9.86. The second-order valence-corrected chi connectivity index (χ2v) is 5.85. The van der Waals surface area contributed by atoms with Crippen molar-refractivity contribution in [1.82, 2.24) is 0 Å². The second kappa shape index (κ2) is 5.70. The fraction of sp³-hybridized carbons (Fsp3) is 0.235. The molecule has 2 aromatic carbocycles. The first-order valence-corrected chi connectivity index (χ1v) is 7.43. The van der Waals surface area contributed by atoms with Crippen LogP contribution in [0.3, 0.4) is 0 Å². The number of benzene rings is 2. The van der Waals surface area contributed by atoms with Crippen LogP contribution >= 0.6 is 15.9 Å². The van der Waals surface area contributed by atoms with Gasteiger partial charge in [0, 0.05) is 16.5 Å². The van der Waals surface area contributed by atoms with Gasteiger partial charge in [0.1, 0.15) is 0 Å². The van der Waals surface area contributed by atoms with Crippen molar-refractivity contribution in [2.24, 2.45) is 0 Å². The van der Waals surface area contributed by atoms with Gasteiger partial charge in [-0.3, -0.25) is 4.79 Å². The van der Waals surface area contributed by atoms with Crippen molar-refractivity contribution in [2.75, 3.05) is 5.33 Å². The fourth-order valence-electron chi connectivity index (χ4n) is 1.91. The molecule has 0 heterocycles. The molecule has 0 spiro atoms. The van der Waals surface area contributed by atoms with Crippen LogP contribution in [0.5, 0.6) is 0 Å². The number of carbonyl (C=O) groups is 1. The molecule has 2 aromatic rings. The van der Waals surface area contributed by atoms with Gasteiger partial charge in [-0.1, -0.05) is 84.4 Å². The smallest absolute Gasteiger partial charge is 0.193 e. The molecule has 1 nitrogen and oxygen atoms in total. The molecule has 0 saturated carbocycles. The van der Waals surface area contributed by atoms with E-state index in [1.807, 2.05) is 54.6 Å². The molecule has 19 heavy (non-hydrogen) atoms. The van der Waals surface area contributed by atoms with Crippen LogP contribution in [0.4, 0.5) is 0 Å². The molecule has 0 aromatic heterocycles. The fourth-order valence-corrected chi connectivity index (χ4v) is 2.23. The average Bonchev–Trinajstić information content (AvgIpc) is 2.47. The maximum absolute atomic E-state index is 12.3. The zero-order valence-corrected chi connectivity index (χ0v) is 12.8. The minimum absolute atomic E-state index is 0.0730. The van der Waals surface area contributed by atoms with Gasteiger partial charge >= 0.3 is 0 Å². The third-order valence-electron chi connectivity index (χ3n) is 3.30. The Labute approximate surface area is 122 Å². The highest BCUT2D eigenvalue weighted by atomic mass is 79.9. The van der Waals surface area contributed by atoms with Crippen LogP contribution in [0.15, 0.2) is 54.6 Å². The highest BCUT2D eigenvalue weighted by Crippen LogP contribution is 2.25. The van der Waals surface area contributed by atoms with E-state index in [1.165, 1.54) is 5.56 Å². The second-order valence-electron chi connectivity index (χ2n) is 5.29. The monoisotopic (exact) mass is 316 g/mol. The molecule has 2 rings (SSSR count). The van der Waals surface area contributed by atoms with Crippen LogP contribution < -0.4 is 0 Å². The van der Waals surface area contributed by atoms with Gasteiger partial charge in [-0.2, -0.15) is 0 Å². The molecule has 0 N–H and O–H groups in total. The normalized spacial score (nSPS) is 11.3. The lowest BCUT2D eigenvalue weighted by Gasteiger charge is -2.22. The number of ketones is 1. The number of rotatable bonds is 4. The van der Waals surface area contributed by atoms with Gasteiger partial charge in [0.15, 0.2) is 5.78 Å². The van der Waals surface area contributed by atoms with E-state index < -0.39 is 0 Å². The van der Waals surface area contributed by atoms with Gasteiger partial charge < -0.3 is 0 Å². The number of carbonyl (C=O) groups excluding carboxylic acids is 1. The summed E-state index contributed by atoms with van der Waals surface area (Å²) in [6.45, 7) is 4.35. The first-order chi connectivity index (χ1) is 9.04. The predicted molar refractivity (Wildman–Crippen MR) is 83.1 cm³/mol. The van der Waals surface area contributed by atoms with Crippen molar-refractivity contribution in [3.05, 3.63) is 71.3 Å². The minimum atomic E-state index is 0.0730. The SMILES string of the molecule is CC(C)(CBr)c1ccc(C(=O)c2ccccc2)cc1. The van der Waals surface area contributed by atoms with Crippen molar-refractivity contribution < 1.29 is 4.79 Å². The molecule has 0 bridgehead atoms. The summed E-state index contributed by atoms with van der Waals surface area (Å²) < 4.78 is 0. The van der Waals surface area contributed by atoms with Crippen LogP contribution in [0.1, 0.15) is 35.3 Å². The largest absolute Gasteiger partial charge is 0.289 e. The predicted octanol–water partition coefficient (Wildman–Crippen LogP) is 4.59. The molecule has 0 unspecified atom stereocenters. The lowest BCUT2D eigenvalue weighted by molar-refractivity contribution is 0.103. The zero-order valence-electron chi connectivity index (χ0n) is 11.2. The molecule has 0 aliphatic heterocycles. The van der Waals surface area contributed by atoms with E-state index in [-0.39, 0.29) is 11.2 Å². The average molecular weight is 317 g/mol. The maximum atomic E-state index is 12.3. The zero-order chi connectivity index (χ0) is 13.9. The Morgan fingerprint density at radius 3 is 2.00 bits per heavy atom. The molecule has 0 fully saturated rings. The highest BCUT2D eigenvalue weighted by molar-refractivity contribution is 9.09. The summed E-state index contributed by atoms with van der Waals surface area (Å²) in [5.41, 5.74) is 2.78. The van der Waals surface area contributed by atoms with E-state index in [2.05, 4.69) is 29.8 Å².